The third-order valence-electron chi connectivity index (χ3n) is 3.36. The molecule has 1 aromatic carbocycles. The van der Waals surface area contributed by atoms with Gasteiger partial charge >= 0.3 is 5.97 Å². The second-order valence-electron chi connectivity index (χ2n) is 5.08. The fraction of sp³-hybridized carbons (Fsp3) is 0.105. The summed E-state index contributed by atoms with van der Waals surface area (Å²) >= 11 is 0. The number of hydrogen-bond acceptors (Lipinski definition) is 5. The number of nitrogens with two attached hydrogens (primary N) is 2. The molecule has 2 rings (SSSR count). The van der Waals surface area contributed by atoms with E-state index in [1.165, 1.54) is 12.3 Å². The van der Waals surface area contributed by atoms with Gasteiger partial charge in [-0.2, -0.15) is 0 Å². The SMILES string of the molecule is C=C1C=C(/C=C/C(=O)OCC)C=CN1/C(=C\N)c1cccc(N)c1. The number of carbonyl (C=O) groups excluding carboxylic acids is 1. The van der Waals surface area contributed by atoms with E-state index in [1.807, 2.05) is 47.5 Å². The van der Waals surface area contributed by atoms with Crippen LogP contribution in [0.2, 0.25) is 0 Å². The second kappa shape index (κ2) is 7.87. The number of anilines is 1. The molecule has 0 unspecified atom stereocenters. The van der Waals surface area contributed by atoms with Gasteiger partial charge in [-0.1, -0.05) is 18.7 Å². The molecule has 0 saturated carbocycles. The van der Waals surface area contributed by atoms with Gasteiger partial charge in [-0.3, -0.25) is 0 Å². The number of carbonyl (C=O) groups is 1. The highest BCUT2D eigenvalue weighted by Gasteiger charge is 2.14. The van der Waals surface area contributed by atoms with Crippen LogP contribution in [0.4, 0.5) is 5.69 Å². The van der Waals surface area contributed by atoms with Crippen molar-refractivity contribution in [3.63, 3.8) is 0 Å². The molecule has 0 atom stereocenters. The molecule has 0 fully saturated rings. The van der Waals surface area contributed by atoms with Gasteiger partial charge < -0.3 is 21.1 Å². The van der Waals surface area contributed by atoms with Crippen LogP contribution in [0.5, 0.6) is 0 Å². The summed E-state index contributed by atoms with van der Waals surface area (Å²) in [6.07, 6.45) is 10.1. The maximum atomic E-state index is 11.4. The summed E-state index contributed by atoms with van der Waals surface area (Å²) in [5.41, 5.74) is 15.5. The Labute approximate surface area is 141 Å². The summed E-state index contributed by atoms with van der Waals surface area (Å²) in [5, 5.41) is 0. The average molecular weight is 323 g/mol. The topological polar surface area (TPSA) is 81.6 Å². The molecule has 0 aliphatic carbocycles. The van der Waals surface area contributed by atoms with Gasteiger partial charge in [0, 0.05) is 35.4 Å². The van der Waals surface area contributed by atoms with Gasteiger partial charge in [0.2, 0.25) is 0 Å². The molecule has 1 aliphatic heterocycles. The molecule has 0 amide bonds. The first kappa shape index (κ1) is 17.1. The van der Waals surface area contributed by atoms with Crippen molar-refractivity contribution in [2.24, 2.45) is 5.73 Å². The van der Waals surface area contributed by atoms with E-state index in [4.69, 9.17) is 16.2 Å². The van der Waals surface area contributed by atoms with Gasteiger partial charge in [0.1, 0.15) is 0 Å². The van der Waals surface area contributed by atoms with Crippen LogP contribution in [0.15, 0.2) is 78.8 Å². The Morgan fingerprint density at radius 1 is 1.42 bits per heavy atom. The van der Waals surface area contributed by atoms with E-state index in [2.05, 4.69) is 6.58 Å². The minimum atomic E-state index is -0.373. The Morgan fingerprint density at radius 3 is 2.83 bits per heavy atom. The van der Waals surface area contributed by atoms with Crippen LogP contribution in [0.25, 0.3) is 5.70 Å². The van der Waals surface area contributed by atoms with Crippen LogP contribution in [0.1, 0.15) is 12.5 Å². The molecular formula is C19H21N3O2. The lowest BCUT2D eigenvalue weighted by Crippen LogP contribution is -2.17. The first-order valence-corrected chi connectivity index (χ1v) is 7.56. The lowest BCUT2D eigenvalue weighted by molar-refractivity contribution is -0.137. The third kappa shape index (κ3) is 4.16. The summed E-state index contributed by atoms with van der Waals surface area (Å²) < 4.78 is 4.86. The second-order valence-corrected chi connectivity index (χ2v) is 5.08. The van der Waals surface area contributed by atoms with E-state index < -0.39 is 0 Å². The van der Waals surface area contributed by atoms with Crippen molar-refractivity contribution in [1.29, 1.82) is 0 Å². The summed E-state index contributed by atoms with van der Waals surface area (Å²) in [4.78, 5) is 13.2. The molecule has 24 heavy (non-hydrogen) atoms. The smallest absolute Gasteiger partial charge is 0.330 e. The zero-order valence-corrected chi connectivity index (χ0v) is 13.6. The van der Waals surface area contributed by atoms with Gasteiger partial charge in [-0.15, -0.1) is 0 Å². The molecule has 124 valence electrons. The van der Waals surface area contributed by atoms with E-state index in [-0.39, 0.29) is 5.97 Å². The van der Waals surface area contributed by atoms with Crippen LogP contribution in [-0.2, 0) is 9.53 Å². The number of hydrogen-bond donors (Lipinski definition) is 2. The quantitative estimate of drug-likeness (QED) is 0.495. The van der Waals surface area contributed by atoms with E-state index in [0.717, 1.165) is 22.5 Å². The normalized spacial score (nSPS) is 14.9. The summed E-state index contributed by atoms with van der Waals surface area (Å²) in [6.45, 7) is 6.16. The molecule has 1 aromatic rings. The molecular weight excluding hydrogens is 302 g/mol. The first-order chi connectivity index (χ1) is 11.5. The van der Waals surface area contributed by atoms with Gasteiger partial charge in [0.05, 0.1) is 12.3 Å². The van der Waals surface area contributed by atoms with E-state index in [9.17, 15) is 4.79 Å². The number of allylic oxidation sites excluding steroid dienone is 4. The lowest BCUT2D eigenvalue weighted by Gasteiger charge is -2.27. The van der Waals surface area contributed by atoms with Crippen molar-refractivity contribution in [1.82, 2.24) is 4.90 Å². The van der Waals surface area contributed by atoms with Crippen molar-refractivity contribution >= 4 is 17.4 Å². The third-order valence-corrected chi connectivity index (χ3v) is 3.36. The fourth-order valence-corrected chi connectivity index (χ4v) is 2.27. The minimum Gasteiger partial charge on any atom is -0.463 e. The van der Waals surface area contributed by atoms with Crippen LogP contribution >= 0.6 is 0 Å². The highest BCUT2D eigenvalue weighted by atomic mass is 16.5. The zero-order valence-electron chi connectivity index (χ0n) is 13.6. The molecule has 0 saturated heterocycles. The van der Waals surface area contributed by atoms with Crippen molar-refractivity contribution in [2.45, 2.75) is 6.92 Å². The Kier molecular flexibility index (Phi) is 5.63. The molecule has 4 N–H and O–H groups in total. The Morgan fingerprint density at radius 2 is 2.21 bits per heavy atom. The van der Waals surface area contributed by atoms with E-state index in [1.54, 1.807) is 13.0 Å². The predicted octanol–water partition coefficient (Wildman–Crippen LogP) is 2.91. The largest absolute Gasteiger partial charge is 0.463 e. The van der Waals surface area contributed by atoms with Crippen LogP contribution in [0.3, 0.4) is 0 Å². The monoisotopic (exact) mass is 323 g/mol. The number of ether oxygens (including phenoxy) is 1. The van der Waals surface area contributed by atoms with Gasteiger partial charge in [-0.25, -0.2) is 4.79 Å². The van der Waals surface area contributed by atoms with Crippen molar-refractivity contribution in [3.05, 3.63) is 84.4 Å². The van der Waals surface area contributed by atoms with Crippen LogP contribution in [-0.4, -0.2) is 17.5 Å². The number of nitrogens with zero attached hydrogens (tertiary/aromatic N) is 1. The van der Waals surface area contributed by atoms with Crippen molar-refractivity contribution in [2.75, 3.05) is 12.3 Å². The molecule has 0 aromatic heterocycles. The summed E-state index contributed by atoms with van der Waals surface area (Å²) in [5.74, 6) is -0.373. The van der Waals surface area contributed by atoms with Crippen molar-refractivity contribution in [3.8, 4) is 0 Å². The van der Waals surface area contributed by atoms with Crippen molar-refractivity contribution < 1.29 is 9.53 Å². The van der Waals surface area contributed by atoms with E-state index in [0.29, 0.717) is 12.3 Å². The number of nitrogen functional groups attached to an aromatic ring is 1. The van der Waals surface area contributed by atoms with E-state index >= 15 is 0 Å². The molecule has 0 radical (unpaired) electrons. The molecule has 0 spiro atoms. The highest BCUT2D eigenvalue weighted by molar-refractivity contribution is 5.82. The average Bonchev–Trinajstić information content (AvgIpc) is 2.56. The van der Waals surface area contributed by atoms with Gasteiger partial charge in [0.25, 0.3) is 0 Å². The molecule has 5 nitrogen and oxygen atoms in total. The Hall–Kier alpha value is -3.21. The fourth-order valence-electron chi connectivity index (χ4n) is 2.27. The first-order valence-electron chi connectivity index (χ1n) is 7.56. The standard InChI is InChI=1S/C19H21N3O2/c1-3-24-19(23)8-7-15-9-10-22(14(2)11-15)18(13-20)16-5-4-6-17(21)12-16/h4-13H,2-3,20-21H2,1H3/b8-7+,18-13-. The zero-order chi connectivity index (χ0) is 17.5. The van der Waals surface area contributed by atoms with Gasteiger partial charge in [-0.05, 0) is 42.9 Å². The Bertz CT molecular complexity index is 758. The maximum absolute atomic E-state index is 11.4. The number of esters is 1. The summed E-state index contributed by atoms with van der Waals surface area (Å²) in [7, 11) is 0. The molecule has 0 bridgehead atoms. The summed E-state index contributed by atoms with van der Waals surface area (Å²) in [6, 6.07) is 7.46. The number of benzene rings is 1. The molecule has 1 aliphatic rings. The van der Waals surface area contributed by atoms with Crippen LogP contribution in [0, 0.1) is 0 Å². The minimum absolute atomic E-state index is 0.351. The molecule has 1 heterocycles. The Balaban J connectivity index is 2.17. The van der Waals surface area contributed by atoms with Crippen LogP contribution < -0.4 is 11.5 Å². The lowest BCUT2D eigenvalue weighted by atomic mass is 10.1. The maximum Gasteiger partial charge on any atom is 0.330 e. The highest BCUT2D eigenvalue weighted by Crippen LogP contribution is 2.28. The van der Waals surface area contributed by atoms with Gasteiger partial charge in [0.15, 0.2) is 0 Å². The predicted molar refractivity (Wildman–Crippen MR) is 97.0 cm³/mol. The number of rotatable bonds is 5. The molecule has 5 heteroatoms.